The number of halogens is 1. The number of carbonyl (C=O) groups excluding carboxylic acids is 3. The molecule has 2 aromatic rings. The van der Waals surface area contributed by atoms with Gasteiger partial charge in [0, 0.05) is 51.0 Å². The summed E-state index contributed by atoms with van der Waals surface area (Å²) in [7, 11) is 0. The molecule has 1 N–H and O–H groups in total. The highest BCUT2D eigenvalue weighted by Crippen LogP contribution is 2.34. The van der Waals surface area contributed by atoms with Gasteiger partial charge in [-0.15, -0.1) is 0 Å². The summed E-state index contributed by atoms with van der Waals surface area (Å²) < 4.78 is 88.1. The fraction of sp³-hybridized carbons (Fsp3) is 0.444. The Labute approximate surface area is 219 Å². The third kappa shape index (κ3) is 4.85. The number of fused-ring (bicyclic) bond motifs is 1. The zero-order valence-electron chi connectivity index (χ0n) is 26.8. The molecule has 3 heterocycles. The summed E-state index contributed by atoms with van der Waals surface area (Å²) in [5.74, 6) is -4.57. The van der Waals surface area contributed by atoms with E-state index in [4.69, 9.17) is 19.1 Å². The van der Waals surface area contributed by atoms with Crippen molar-refractivity contribution in [2.24, 2.45) is 0 Å². The molecule has 2 saturated heterocycles. The normalized spacial score (nSPS) is 31.7. The first-order valence-corrected chi connectivity index (χ1v) is 11.6. The molecule has 3 unspecified atom stereocenters. The first-order chi connectivity index (χ1) is 19.9. The van der Waals surface area contributed by atoms with Gasteiger partial charge < -0.3 is 14.4 Å². The number of benzene rings is 2. The van der Waals surface area contributed by atoms with Gasteiger partial charge in [-0.1, -0.05) is 24.3 Å². The Morgan fingerprint density at radius 2 is 1.89 bits per heavy atom. The second-order valence-electron chi connectivity index (χ2n) is 8.90. The van der Waals surface area contributed by atoms with Gasteiger partial charge in [0.05, 0.1) is 25.6 Å². The predicted octanol–water partition coefficient (Wildman–Crippen LogP) is 2.77. The molecule has 2 fully saturated rings. The van der Waals surface area contributed by atoms with Gasteiger partial charge in [0.25, 0.3) is 5.91 Å². The van der Waals surface area contributed by atoms with Crippen LogP contribution in [0.1, 0.15) is 63.3 Å². The largest absolute Gasteiger partial charge is 0.488 e. The van der Waals surface area contributed by atoms with Gasteiger partial charge in [0.15, 0.2) is 0 Å². The maximum Gasteiger partial charge on any atom is 0.255 e. The molecule has 3 atom stereocenters. The zero-order chi connectivity index (χ0) is 31.7. The Kier molecular flexibility index (Phi) is 4.77. The number of morpholine rings is 1. The summed E-state index contributed by atoms with van der Waals surface area (Å²) in [5, 5.41) is 1.96. The first-order valence-electron chi connectivity index (χ1n) is 15.1. The van der Waals surface area contributed by atoms with E-state index >= 15 is 4.39 Å². The van der Waals surface area contributed by atoms with Crippen molar-refractivity contribution in [2.45, 2.75) is 64.5 Å². The van der Waals surface area contributed by atoms with Crippen LogP contribution in [0, 0.1) is 5.82 Å². The molecule has 2 aromatic carbocycles. The Bertz CT molecular complexity index is 1500. The maximum atomic E-state index is 16.0. The molecule has 9 heteroatoms. The lowest BCUT2D eigenvalue weighted by molar-refractivity contribution is -0.136. The van der Waals surface area contributed by atoms with Gasteiger partial charge >= 0.3 is 0 Å². The van der Waals surface area contributed by atoms with E-state index in [0.717, 1.165) is 6.07 Å². The molecule has 5 rings (SSSR count). The van der Waals surface area contributed by atoms with Gasteiger partial charge in [0.1, 0.15) is 24.1 Å². The topological polar surface area (TPSA) is 88.2 Å². The number of rotatable bonds is 6. The smallest absolute Gasteiger partial charge is 0.255 e. The van der Waals surface area contributed by atoms with Crippen molar-refractivity contribution in [1.82, 2.24) is 15.1 Å². The van der Waals surface area contributed by atoms with Gasteiger partial charge in [-0.3, -0.25) is 24.6 Å². The number of nitrogens with zero attached hydrogens (tertiary/aromatic N) is 2. The minimum atomic E-state index is -2.99. The highest BCUT2D eigenvalue weighted by Gasteiger charge is 2.40. The van der Waals surface area contributed by atoms with Crippen molar-refractivity contribution in [2.75, 3.05) is 13.1 Å². The fourth-order valence-corrected chi connectivity index (χ4v) is 4.45. The Morgan fingerprint density at radius 1 is 1.17 bits per heavy atom. The van der Waals surface area contributed by atoms with E-state index in [1.807, 2.05) is 5.32 Å². The molecule has 0 spiro atoms. The monoisotopic (exact) mass is 502 g/mol. The van der Waals surface area contributed by atoms with Crippen LogP contribution in [0.2, 0.25) is 0 Å². The molecule has 0 bridgehead atoms. The lowest BCUT2D eigenvalue weighted by atomic mass is 10.0. The Hall–Kier alpha value is -3.30. The van der Waals surface area contributed by atoms with Crippen LogP contribution >= 0.6 is 0 Å². The second-order valence-corrected chi connectivity index (χ2v) is 8.90. The summed E-state index contributed by atoms with van der Waals surface area (Å²) in [6, 6.07) is 4.78. The summed E-state index contributed by atoms with van der Waals surface area (Å²) in [5.41, 5.74) is -1.86. The summed E-state index contributed by atoms with van der Waals surface area (Å²) in [6.45, 7) is -4.32. The number of ether oxygens (including phenoxy) is 2. The standard InChI is InChI=1S/C27H30FN3O5/c1-16-11-30(12-17(2)36-16)13-18-5-3-6-19(25(18)28)15-35-23-8-4-7-20-21(23)14-31(27(20)34)22-9-10-24(32)29-26(22)33/h3-8,16-17,22H,9-15H2,1-2H3,(H,29,32,33)/i13D2,14D2,15D2,22D. The van der Waals surface area contributed by atoms with Crippen LogP contribution in [0.25, 0.3) is 0 Å². The van der Waals surface area contributed by atoms with E-state index in [1.165, 1.54) is 35.2 Å². The van der Waals surface area contributed by atoms with Gasteiger partial charge in [-0.05, 0) is 32.4 Å². The second kappa shape index (κ2) is 9.99. The number of hydrogen-bond donors (Lipinski definition) is 1. The average Bonchev–Trinajstić information content (AvgIpc) is 3.11. The highest BCUT2D eigenvalue weighted by molar-refractivity contribution is 6.05. The van der Waals surface area contributed by atoms with Gasteiger partial charge in [0.2, 0.25) is 11.8 Å². The Balaban J connectivity index is 1.50. The van der Waals surface area contributed by atoms with Crippen LogP contribution in [-0.2, 0) is 33.9 Å². The average molecular weight is 503 g/mol. The van der Waals surface area contributed by atoms with E-state index in [0.29, 0.717) is 4.90 Å². The number of piperidine rings is 1. The van der Waals surface area contributed by atoms with E-state index in [1.54, 1.807) is 13.8 Å². The van der Waals surface area contributed by atoms with Crippen molar-refractivity contribution in [1.29, 1.82) is 0 Å². The van der Waals surface area contributed by atoms with Crippen LogP contribution in [0.4, 0.5) is 4.39 Å². The Morgan fingerprint density at radius 3 is 2.64 bits per heavy atom. The SMILES string of the molecule is [2H]C([2H])(Oc1cccc2c1C([2H])([2H])N(C1([2H])CCC(=O)NC1=O)C2=O)c1cccc(C([2H])([2H])N2CC(C)OC(C)C2)c1F. The minimum absolute atomic E-state index is 0.170. The van der Waals surface area contributed by atoms with E-state index in [9.17, 15) is 14.4 Å². The third-order valence-electron chi connectivity index (χ3n) is 6.03. The van der Waals surface area contributed by atoms with Crippen molar-refractivity contribution >= 4 is 17.7 Å². The number of nitrogens with one attached hydrogen (secondary N) is 1. The first kappa shape index (κ1) is 17.2. The summed E-state index contributed by atoms with van der Waals surface area (Å²) in [6.07, 6.45) is -1.40. The molecule has 0 saturated carbocycles. The van der Waals surface area contributed by atoms with Crippen molar-refractivity contribution < 1.29 is 37.8 Å². The van der Waals surface area contributed by atoms with Gasteiger partial charge in [-0.2, -0.15) is 0 Å². The van der Waals surface area contributed by atoms with Gasteiger partial charge in [-0.25, -0.2) is 4.39 Å². The van der Waals surface area contributed by atoms with E-state index < -0.39 is 78.0 Å². The van der Waals surface area contributed by atoms with Crippen LogP contribution in [-0.4, -0.2) is 58.8 Å². The lowest BCUT2D eigenvalue weighted by Gasteiger charge is -2.35. The van der Waals surface area contributed by atoms with Crippen LogP contribution in [0.15, 0.2) is 36.4 Å². The molecule has 0 aliphatic carbocycles. The molecular weight excluding hydrogens is 465 g/mol. The van der Waals surface area contributed by atoms with Crippen molar-refractivity contribution in [3.05, 3.63) is 64.5 Å². The zero-order valence-corrected chi connectivity index (χ0v) is 19.8. The fourth-order valence-electron chi connectivity index (χ4n) is 4.45. The number of imide groups is 1. The molecule has 3 amide bonds. The summed E-state index contributed by atoms with van der Waals surface area (Å²) in [4.78, 5) is 39.5. The number of carbonyl (C=O) groups is 3. The molecule has 0 aromatic heterocycles. The maximum absolute atomic E-state index is 16.0. The molecule has 36 heavy (non-hydrogen) atoms. The van der Waals surface area contributed by atoms with Crippen molar-refractivity contribution in [3.8, 4) is 5.75 Å². The van der Waals surface area contributed by atoms with Crippen LogP contribution in [0.5, 0.6) is 5.75 Å². The molecule has 0 radical (unpaired) electrons. The minimum Gasteiger partial charge on any atom is -0.488 e. The van der Waals surface area contributed by atoms with E-state index in [2.05, 4.69) is 0 Å². The molecule has 8 nitrogen and oxygen atoms in total. The van der Waals surface area contributed by atoms with Crippen LogP contribution in [0.3, 0.4) is 0 Å². The number of hydrogen-bond acceptors (Lipinski definition) is 6. The third-order valence-corrected chi connectivity index (χ3v) is 6.03. The highest BCUT2D eigenvalue weighted by atomic mass is 19.1. The van der Waals surface area contributed by atoms with Crippen molar-refractivity contribution in [3.63, 3.8) is 0 Å². The van der Waals surface area contributed by atoms with Crippen LogP contribution < -0.4 is 10.1 Å². The summed E-state index contributed by atoms with van der Waals surface area (Å²) >= 11 is 0. The van der Waals surface area contributed by atoms with E-state index in [-0.39, 0.29) is 37.3 Å². The number of amides is 3. The lowest BCUT2D eigenvalue weighted by Crippen LogP contribution is -2.52. The molecule has 3 aliphatic rings. The molecule has 3 aliphatic heterocycles. The molecule has 190 valence electrons. The predicted molar refractivity (Wildman–Crippen MR) is 129 cm³/mol. The quantitative estimate of drug-likeness (QED) is 0.612. The molecular formula is C27H30FN3O5.